The van der Waals surface area contributed by atoms with Crippen molar-refractivity contribution >= 4 is 41.1 Å². The summed E-state index contributed by atoms with van der Waals surface area (Å²) in [6.07, 6.45) is -1.16. The first-order valence-electron chi connectivity index (χ1n) is 7.92. The summed E-state index contributed by atoms with van der Waals surface area (Å²) in [6, 6.07) is 8.90. The summed E-state index contributed by atoms with van der Waals surface area (Å²) in [5.74, 6) is -0.630. The number of aryl methyl sites for hydroxylation is 1. The summed E-state index contributed by atoms with van der Waals surface area (Å²) in [5, 5.41) is 8.28. The number of nitrogens with zero attached hydrogens (tertiary/aromatic N) is 1. The third-order valence-electron chi connectivity index (χ3n) is 3.62. The van der Waals surface area contributed by atoms with E-state index < -0.39 is 23.2 Å². The summed E-state index contributed by atoms with van der Waals surface area (Å²) in [4.78, 5) is 37.1. The lowest BCUT2D eigenvalue weighted by molar-refractivity contribution is -0.153. The van der Waals surface area contributed by atoms with Crippen molar-refractivity contribution in [3.8, 4) is 0 Å². The molecule has 0 unspecified atom stereocenters. The molecular weight excluding hydrogens is 358 g/mol. The molecule has 2 atom stereocenters. The number of carbonyl (C=O) groups excluding carboxylic acids is 3. The zero-order chi connectivity index (χ0) is 18.7. The third kappa shape index (κ3) is 4.23. The molecule has 2 N–H and O–H groups in total. The quantitative estimate of drug-likeness (QED) is 0.772. The number of carbonyl (C=O) groups is 3. The van der Waals surface area contributed by atoms with Gasteiger partial charge < -0.3 is 19.9 Å². The molecule has 0 saturated heterocycles. The minimum absolute atomic E-state index is 0.133. The SMILES string of the molecule is Cc1cc(NC(=O)[C@H](C)OC(=O)C[C@@H]2Sc3ccccc3NC2=O)no1. The summed E-state index contributed by atoms with van der Waals surface area (Å²) < 4.78 is 9.98. The van der Waals surface area contributed by atoms with Crippen LogP contribution in [0, 0.1) is 6.92 Å². The van der Waals surface area contributed by atoms with Crippen LogP contribution in [0.15, 0.2) is 39.8 Å². The molecule has 2 aromatic rings. The largest absolute Gasteiger partial charge is 0.452 e. The van der Waals surface area contributed by atoms with Crippen LogP contribution < -0.4 is 10.6 Å². The highest BCUT2D eigenvalue weighted by molar-refractivity contribution is 8.01. The molecule has 0 spiro atoms. The molecule has 1 aliphatic heterocycles. The van der Waals surface area contributed by atoms with Gasteiger partial charge in [-0.2, -0.15) is 0 Å². The summed E-state index contributed by atoms with van der Waals surface area (Å²) in [5.41, 5.74) is 0.725. The number of hydrogen-bond acceptors (Lipinski definition) is 7. The zero-order valence-corrected chi connectivity index (χ0v) is 15.0. The van der Waals surface area contributed by atoms with Crippen molar-refractivity contribution in [3.63, 3.8) is 0 Å². The number of anilines is 2. The van der Waals surface area contributed by atoms with Gasteiger partial charge >= 0.3 is 5.97 Å². The highest BCUT2D eigenvalue weighted by atomic mass is 32.2. The highest BCUT2D eigenvalue weighted by Gasteiger charge is 2.30. The van der Waals surface area contributed by atoms with Crippen molar-refractivity contribution in [3.05, 3.63) is 36.1 Å². The summed E-state index contributed by atoms with van der Waals surface area (Å²) in [6.45, 7) is 3.14. The van der Waals surface area contributed by atoms with Gasteiger partial charge in [-0.3, -0.25) is 14.4 Å². The molecule has 1 aromatic heterocycles. The minimum Gasteiger partial charge on any atom is -0.452 e. The molecule has 1 aromatic carbocycles. The van der Waals surface area contributed by atoms with Crippen LogP contribution in [0.3, 0.4) is 0 Å². The van der Waals surface area contributed by atoms with Crippen LogP contribution in [0.25, 0.3) is 0 Å². The number of amides is 2. The van der Waals surface area contributed by atoms with Crippen LogP contribution in [0.5, 0.6) is 0 Å². The molecule has 2 heterocycles. The van der Waals surface area contributed by atoms with Crippen LogP contribution in [0.4, 0.5) is 11.5 Å². The maximum Gasteiger partial charge on any atom is 0.308 e. The highest BCUT2D eigenvalue weighted by Crippen LogP contribution is 2.36. The van der Waals surface area contributed by atoms with E-state index in [1.54, 1.807) is 19.1 Å². The normalized spacial score (nSPS) is 17.0. The molecule has 136 valence electrons. The van der Waals surface area contributed by atoms with E-state index in [1.165, 1.54) is 18.7 Å². The average molecular weight is 375 g/mol. The van der Waals surface area contributed by atoms with Crippen molar-refractivity contribution < 1.29 is 23.6 Å². The Bertz CT molecular complexity index is 850. The maximum atomic E-state index is 12.1. The van der Waals surface area contributed by atoms with Gasteiger partial charge in [0.1, 0.15) is 5.76 Å². The number of thioether (sulfide) groups is 1. The molecule has 0 aliphatic carbocycles. The second-order valence-electron chi connectivity index (χ2n) is 5.74. The molecule has 0 radical (unpaired) electrons. The van der Waals surface area contributed by atoms with Crippen molar-refractivity contribution in [2.75, 3.05) is 10.6 Å². The van der Waals surface area contributed by atoms with Gasteiger partial charge in [0.2, 0.25) is 5.91 Å². The van der Waals surface area contributed by atoms with Gasteiger partial charge in [0.25, 0.3) is 5.91 Å². The van der Waals surface area contributed by atoms with Crippen LogP contribution >= 0.6 is 11.8 Å². The number of esters is 1. The number of nitrogens with one attached hydrogen (secondary N) is 2. The van der Waals surface area contributed by atoms with Gasteiger partial charge in [0.15, 0.2) is 11.9 Å². The number of hydrogen-bond donors (Lipinski definition) is 2. The zero-order valence-electron chi connectivity index (χ0n) is 14.1. The topological polar surface area (TPSA) is 111 Å². The third-order valence-corrected chi connectivity index (χ3v) is 4.89. The van der Waals surface area contributed by atoms with Crippen molar-refractivity contribution in [2.45, 2.75) is 36.5 Å². The number of benzene rings is 1. The van der Waals surface area contributed by atoms with E-state index in [2.05, 4.69) is 15.8 Å². The Balaban J connectivity index is 1.53. The monoisotopic (exact) mass is 375 g/mol. The van der Waals surface area contributed by atoms with Crippen molar-refractivity contribution in [1.29, 1.82) is 0 Å². The van der Waals surface area contributed by atoms with Gasteiger partial charge in [-0.25, -0.2) is 0 Å². The number of fused-ring (bicyclic) bond motifs is 1. The Hall–Kier alpha value is -2.81. The number of rotatable bonds is 5. The second-order valence-corrected chi connectivity index (χ2v) is 6.98. The fraction of sp³-hybridized carbons (Fsp3) is 0.294. The standard InChI is InChI=1S/C17H17N3O5S/c1-9-7-14(20-25-9)19-16(22)10(2)24-15(21)8-13-17(23)18-11-5-3-4-6-12(11)26-13/h3-7,10,13H,8H2,1-2H3,(H,18,23)(H,19,20,22)/t10-,13-/m0/s1. The fourth-order valence-corrected chi connectivity index (χ4v) is 3.43. The Morgan fingerprint density at radius 3 is 2.92 bits per heavy atom. The van der Waals surface area contributed by atoms with E-state index in [4.69, 9.17) is 9.26 Å². The number of para-hydroxylation sites is 1. The Morgan fingerprint density at radius 1 is 1.42 bits per heavy atom. The first kappa shape index (κ1) is 18.0. The van der Waals surface area contributed by atoms with E-state index in [1.807, 2.05) is 18.2 Å². The van der Waals surface area contributed by atoms with Crippen molar-refractivity contribution in [2.24, 2.45) is 0 Å². The molecule has 3 rings (SSSR count). The van der Waals surface area contributed by atoms with Gasteiger partial charge in [-0.05, 0) is 26.0 Å². The van der Waals surface area contributed by atoms with Crippen LogP contribution in [0.1, 0.15) is 19.1 Å². The Kier molecular flexibility index (Phi) is 5.27. The lowest BCUT2D eigenvalue weighted by Crippen LogP contribution is -2.34. The van der Waals surface area contributed by atoms with Gasteiger partial charge in [0.05, 0.1) is 17.4 Å². The van der Waals surface area contributed by atoms with Crippen LogP contribution in [-0.4, -0.2) is 34.3 Å². The number of aromatic nitrogens is 1. The molecular formula is C17H17N3O5S. The van der Waals surface area contributed by atoms with Gasteiger partial charge in [-0.1, -0.05) is 17.3 Å². The van der Waals surface area contributed by atoms with E-state index in [9.17, 15) is 14.4 Å². The first-order valence-corrected chi connectivity index (χ1v) is 8.80. The molecule has 0 bridgehead atoms. The fourth-order valence-electron chi connectivity index (χ4n) is 2.33. The molecule has 26 heavy (non-hydrogen) atoms. The molecule has 1 aliphatic rings. The lowest BCUT2D eigenvalue weighted by atomic mass is 10.2. The van der Waals surface area contributed by atoms with Crippen molar-refractivity contribution in [1.82, 2.24) is 5.16 Å². The van der Waals surface area contributed by atoms with E-state index in [0.29, 0.717) is 5.76 Å². The Labute approximate surface area is 153 Å². The smallest absolute Gasteiger partial charge is 0.308 e. The van der Waals surface area contributed by atoms with E-state index in [0.717, 1.165) is 10.6 Å². The van der Waals surface area contributed by atoms with Gasteiger partial charge in [-0.15, -0.1) is 11.8 Å². The molecule has 0 saturated carbocycles. The molecule has 9 heteroatoms. The lowest BCUT2D eigenvalue weighted by Gasteiger charge is -2.23. The summed E-state index contributed by atoms with van der Waals surface area (Å²) >= 11 is 1.30. The first-order chi connectivity index (χ1) is 12.4. The Morgan fingerprint density at radius 2 is 2.19 bits per heavy atom. The predicted octanol–water partition coefficient (Wildman–Crippen LogP) is 2.36. The maximum absolute atomic E-state index is 12.1. The predicted molar refractivity (Wildman–Crippen MR) is 94.8 cm³/mol. The molecule has 0 fully saturated rings. The van der Waals surface area contributed by atoms with E-state index >= 15 is 0 Å². The summed E-state index contributed by atoms with van der Waals surface area (Å²) in [7, 11) is 0. The van der Waals surface area contributed by atoms with Crippen LogP contribution in [0.2, 0.25) is 0 Å². The average Bonchev–Trinajstić information content (AvgIpc) is 3.00. The number of ether oxygens (including phenoxy) is 1. The second kappa shape index (κ2) is 7.61. The van der Waals surface area contributed by atoms with E-state index in [-0.39, 0.29) is 18.1 Å². The molecule has 8 nitrogen and oxygen atoms in total. The minimum atomic E-state index is -1.02. The van der Waals surface area contributed by atoms with Crippen LogP contribution in [-0.2, 0) is 19.1 Å². The van der Waals surface area contributed by atoms with Gasteiger partial charge in [0, 0.05) is 11.0 Å². The molecule has 2 amide bonds.